The Balaban J connectivity index is 0.00000128. The maximum absolute atomic E-state index is 3.96. The molecule has 0 saturated carbocycles. The van der Waals surface area contributed by atoms with Gasteiger partial charge in [0.05, 0.1) is 0 Å². The zero-order chi connectivity index (χ0) is 10.8. The molecule has 0 aliphatic carbocycles. The van der Waals surface area contributed by atoms with Gasteiger partial charge in [-0.3, -0.25) is 0 Å². The number of benzene rings is 1. The number of likely N-dealkylation sites (N-methyl/N-ethyl adjacent to an activating group) is 1. The van der Waals surface area contributed by atoms with Crippen molar-refractivity contribution in [3.8, 4) is 0 Å². The summed E-state index contributed by atoms with van der Waals surface area (Å²) in [6.45, 7) is 3.96. The molecule has 1 radical (unpaired) electrons. The summed E-state index contributed by atoms with van der Waals surface area (Å²) in [5.41, 5.74) is 3.14. The van der Waals surface area contributed by atoms with Crippen LogP contribution in [0.25, 0.3) is 5.70 Å². The van der Waals surface area contributed by atoms with Crippen molar-refractivity contribution in [2.75, 3.05) is 7.05 Å². The van der Waals surface area contributed by atoms with E-state index in [2.05, 4.69) is 34.7 Å². The first-order valence-corrected chi connectivity index (χ1v) is 5.47. The third-order valence-electron chi connectivity index (χ3n) is 2.39. The van der Waals surface area contributed by atoms with E-state index in [1.807, 2.05) is 42.3 Å². The SMILES string of the molecule is C=C1C=C[C-]=C(c2ccccc2Br)N1C.[Y]. The zero-order valence-corrected chi connectivity index (χ0v) is 13.5. The van der Waals surface area contributed by atoms with Gasteiger partial charge in [-0.05, 0) is 10.2 Å². The molecule has 1 heterocycles. The van der Waals surface area contributed by atoms with Gasteiger partial charge in [0.2, 0.25) is 0 Å². The first kappa shape index (κ1) is 13.9. The molecule has 3 heteroatoms. The van der Waals surface area contributed by atoms with Crippen molar-refractivity contribution in [3.63, 3.8) is 0 Å². The Morgan fingerprint density at radius 1 is 1.31 bits per heavy atom. The smallest absolute Gasteiger partial charge is 0.00844 e. The molecule has 0 atom stereocenters. The Bertz CT molecular complexity index is 463. The maximum atomic E-state index is 3.96. The number of allylic oxidation sites excluding steroid dienone is 3. The van der Waals surface area contributed by atoms with Gasteiger partial charge in [0.25, 0.3) is 0 Å². The van der Waals surface area contributed by atoms with Crippen LogP contribution in [0, 0.1) is 6.08 Å². The van der Waals surface area contributed by atoms with Crippen molar-refractivity contribution in [3.05, 3.63) is 64.8 Å². The largest absolute Gasteiger partial charge is 0.379 e. The molecule has 2 rings (SSSR count). The maximum Gasteiger partial charge on any atom is 0.00844 e. The molecule has 16 heavy (non-hydrogen) atoms. The van der Waals surface area contributed by atoms with Crippen LogP contribution in [0.4, 0.5) is 0 Å². The van der Waals surface area contributed by atoms with Crippen LogP contribution in [0.3, 0.4) is 0 Å². The summed E-state index contributed by atoms with van der Waals surface area (Å²) in [6.07, 6.45) is 7.07. The molecule has 0 unspecified atom stereocenters. The second kappa shape index (κ2) is 5.95. The third kappa shape index (κ3) is 2.74. The van der Waals surface area contributed by atoms with Gasteiger partial charge >= 0.3 is 0 Å². The molecule has 0 fully saturated rings. The van der Waals surface area contributed by atoms with E-state index in [0.717, 1.165) is 21.4 Å². The fraction of sp³-hybridized carbons (Fsp3) is 0.0769. The molecule has 0 N–H and O–H groups in total. The van der Waals surface area contributed by atoms with Crippen molar-refractivity contribution in [1.29, 1.82) is 0 Å². The molecule has 0 aromatic heterocycles. The van der Waals surface area contributed by atoms with Gasteiger partial charge in [0.15, 0.2) is 0 Å². The molecule has 0 spiro atoms. The topological polar surface area (TPSA) is 3.24 Å². The van der Waals surface area contributed by atoms with Gasteiger partial charge in [-0.15, -0.1) is 12.1 Å². The summed E-state index contributed by atoms with van der Waals surface area (Å²) in [5, 5.41) is 0. The van der Waals surface area contributed by atoms with E-state index < -0.39 is 0 Å². The number of halogens is 1. The predicted molar refractivity (Wildman–Crippen MR) is 66.8 cm³/mol. The summed E-state index contributed by atoms with van der Waals surface area (Å²) in [6, 6.07) is 8.11. The quantitative estimate of drug-likeness (QED) is 0.700. The minimum absolute atomic E-state index is 0. The van der Waals surface area contributed by atoms with Crippen LogP contribution >= 0.6 is 15.9 Å². The standard InChI is InChI=1S/C13H11BrN.Y/c1-10-6-5-9-13(15(10)2)11-7-3-4-8-12(11)14;/h3-8H,1H2,2H3;/q-1;. The summed E-state index contributed by atoms with van der Waals surface area (Å²) in [7, 11) is 1.99. The van der Waals surface area contributed by atoms with Crippen LogP contribution in [0.1, 0.15) is 5.56 Å². The van der Waals surface area contributed by atoms with Crippen molar-refractivity contribution >= 4 is 21.6 Å². The van der Waals surface area contributed by atoms with E-state index in [1.54, 1.807) is 0 Å². The molecule has 0 saturated heterocycles. The van der Waals surface area contributed by atoms with E-state index >= 15 is 0 Å². The monoisotopic (exact) mass is 349 g/mol. The molecule has 1 nitrogen and oxygen atoms in total. The van der Waals surface area contributed by atoms with E-state index in [4.69, 9.17) is 0 Å². The van der Waals surface area contributed by atoms with Crippen molar-refractivity contribution in [1.82, 2.24) is 4.90 Å². The van der Waals surface area contributed by atoms with E-state index in [1.165, 1.54) is 0 Å². The number of hydrogen-bond donors (Lipinski definition) is 0. The van der Waals surface area contributed by atoms with E-state index in [9.17, 15) is 0 Å². The van der Waals surface area contributed by atoms with Crippen LogP contribution in [-0.4, -0.2) is 11.9 Å². The minimum atomic E-state index is 0. The molecule has 0 bridgehead atoms. The average molecular weight is 350 g/mol. The number of rotatable bonds is 1. The zero-order valence-electron chi connectivity index (χ0n) is 9.07. The van der Waals surface area contributed by atoms with Gasteiger partial charge in [0.1, 0.15) is 0 Å². The van der Waals surface area contributed by atoms with Gasteiger partial charge in [-0.2, -0.15) is 12.2 Å². The first-order valence-electron chi connectivity index (χ1n) is 4.67. The van der Waals surface area contributed by atoms with Crippen LogP contribution in [0.5, 0.6) is 0 Å². The van der Waals surface area contributed by atoms with Crippen molar-refractivity contribution in [2.45, 2.75) is 0 Å². The molecular weight excluding hydrogens is 339 g/mol. The molecular formula is C13H11BrNY-. The summed E-state index contributed by atoms with van der Waals surface area (Å²) >= 11 is 3.54. The Kier molecular flexibility index (Phi) is 5.16. The van der Waals surface area contributed by atoms with Gasteiger partial charge in [-0.25, -0.2) is 0 Å². The van der Waals surface area contributed by atoms with Crippen LogP contribution in [-0.2, 0) is 32.7 Å². The normalized spacial score (nSPS) is 14.5. The molecule has 1 aromatic rings. The van der Waals surface area contributed by atoms with Crippen LogP contribution < -0.4 is 0 Å². The summed E-state index contributed by atoms with van der Waals surface area (Å²) < 4.78 is 1.07. The fourth-order valence-corrected chi connectivity index (χ4v) is 1.95. The first-order chi connectivity index (χ1) is 7.20. The van der Waals surface area contributed by atoms with E-state index in [0.29, 0.717) is 0 Å². The second-order valence-electron chi connectivity index (χ2n) is 3.36. The molecule has 79 valence electrons. The van der Waals surface area contributed by atoms with Gasteiger partial charge in [-0.1, -0.05) is 52.0 Å². The van der Waals surface area contributed by atoms with Gasteiger partial charge in [0, 0.05) is 39.8 Å². The van der Waals surface area contributed by atoms with Gasteiger partial charge < -0.3 is 4.90 Å². The summed E-state index contributed by atoms with van der Waals surface area (Å²) in [4.78, 5) is 2.03. The molecule has 1 aliphatic rings. The predicted octanol–water partition coefficient (Wildman–Crippen LogP) is 3.61. The molecule has 1 aromatic carbocycles. The fourth-order valence-electron chi connectivity index (χ4n) is 1.48. The second-order valence-corrected chi connectivity index (χ2v) is 4.21. The Hall–Kier alpha value is -0.176. The Morgan fingerprint density at radius 3 is 2.69 bits per heavy atom. The number of nitrogens with zero attached hydrogens (tertiary/aromatic N) is 1. The van der Waals surface area contributed by atoms with Crippen molar-refractivity contribution < 1.29 is 32.7 Å². The van der Waals surface area contributed by atoms with Crippen LogP contribution in [0.15, 0.2) is 53.2 Å². The summed E-state index contributed by atoms with van der Waals surface area (Å²) in [5.74, 6) is 0. The van der Waals surface area contributed by atoms with E-state index in [-0.39, 0.29) is 32.7 Å². The Labute approximate surface area is 130 Å². The minimum Gasteiger partial charge on any atom is -0.379 e. The average Bonchev–Trinajstić information content (AvgIpc) is 2.23. The number of hydrogen-bond acceptors (Lipinski definition) is 1. The van der Waals surface area contributed by atoms with Crippen LogP contribution in [0.2, 0.25) is 0 Å². The molecule has 1 aliphatic heterocycles. The Morgan fingerprint density at radius 2 is 2.00 bits per heavy atom. The molecule has 0 amide bonds. The van der Waals surface area contributed by atoms with Crippen molar-refractivity contribution in [2.24, 2.45) is 0 Å². The third-order valence-corrected chi connectivity index (χ3v) is 3.08.